The van der Waals surface area contributed by atoms with Crippen LogP contribution in [0.4, 0.5) is 0 Å². The Bertz CT molecular complexity index is 675. The number of carbonyl (C=O) groups is 1. The van der Waals surface area contributed by atoms with Gasteiger partial charge in [0.25, 0.3) is 8.32 Å². The van der Waals surface area contributed by atoms with Crippen LogP contribution in [0, 0.1) is 0 Å². The molecule has 0 heterocycles. The summed E-state index contributed by atoms with van der Waals surface area (Å²) in [6.07, 6.45) is 1.03. The van der Waals surface area contributed by atoms with Crippen molar-refractivity contribution in [3.63, 3.8) is 0 Å². The Kier molecular flexibility index (Phi) is 7.36. The van der Waals surface area contributed by atoms with Gasteiger partial charge in [0.15, 0.2) is 0 Å². The Morgan fingerprint density at radius 3 is 1.93 bits per heavy atom. The maximum atomic E-state index is 11.5. The average molecular weight is 385 g/mol. The van der Waals surface area contributed by atoms with Gasteiger partial charge in [-0.25, -0.2) is 0 Å². The fourth-order valence-electron chi connectivity index (χ4n) is 3.52. The summed E-state index contributed by atoms with van der Waals surface area (Å²) in [5.41, 5.74) is 6.30. The van der Waals surface area contributed by atoms with Crippen LogP contribution in [0.15, 0.2) is 60.7 Å². The molecule has 27 heavy (non-hydrogen) atoms. The number of carbonyl (C=O) groups excluding carboxylic acids is 1. The van der Waals surface area contributed by atoms with Crippen LogP contribution < -0.4 is 21.4 Å². The molecule has 0 spiro atoms. The fourth-order valence-corrected chi connectivity index (χ4v) is 8.14. The van der Waals surface area contributed by atoms with Gasteiger partial charge in [-0.3, -0.25) is 4.79 Å². The second kappa shape index (κ2) is 9.31. The smallest absolute Gasteiger partial charge is 0.261 e. The first-order chi connectivity index (χ1) is 12.8. The highest BCUT2D eigenvalue weighted by Gasteiger charge is 2.50. The average Bonchev–Trinajstić information content (AvgIpc) is 2.67. The van der Waals surface area contributed by atoms with E-state index in [1.165, 1.54) is 10.4 Å². The van der Waals surface area contributed by atoms with Crippen molar-refractivity contribution >= 4 is 24.6 Å². The third-order valence-corrected chi connectivity index (χ3v) is 9.96. The molecule has 4 nitrogen and oxygen atoms in total. The zero-order chi connectivity index (χ0) is 19.9. The summed E-state index contributed by atoms with van der Waals surface area (Å²) >= 11 is 0. The molecule has 0 aromatic heterocycles. The fraction of sp³-hybridized carbons (Fsp3) is 0.409. The second-order valence-electron chi connectivity index (χ2n) is 7.95. The summed E-state index contributed by atoms with van der Waals surface area (Å²) in [7, 11) is -0.912. The normalized spacial score (nSPS) is 13.2. The number of hydrogen-bond acceptors (Lipinski definition) is 3. The molecule has 2 rings (SSSR count). The molecule has 2 aromatic carbocycles. The van der Waals surface area contributed by atoms with Gasteiger partial charge in [-0.05, 0) is 21.8 Å². The van der Waals surface area contributed by atoms with Crippen molar-refractivity contribution in [2.45, 2.75) is 44.7 Å². The zero-order valence-electron chi connectivity index (χ0n) is 16.9. The quantitative estimate of drug-likeness (QED) is 0.687. The second-order valence-corrected chi connectivity index (χ2v) is 12.3. The lowest BCUT2D eigenvalue weighted by Crippen LogP contribution is -2.67. The van der Waals surface area contributed by atoms with Crippen molar-refractivity contribution in [2.24, 2.45) is 5.73 Å². The van der Waals surface area contributed by atoms with E-state index in [0.717, 1.165) is 0 Å². The lowest BCUT2D eigenvalue weighted by atomic mass is 10.2. The van der Waals surface area contributed by atoms with Crippen LogP contribution >= 0.6 is 0 Å². The Morgan fingerprint density at radius 1 is 1.04 bits per heavy atom. The summed E-state index contributed by atoms with van der Waals surface area (Å²) in [5.74, 6) is 0.0101. The van der Waals surface area contributed by atoms with E-state index in [2.05, 4.69) is 74.6 Å². The molecule has 5 heteroatoms. The number of rotatable bonds is 8. The highest BCUT2D eigenvalue weighted by Crippen LogP contribution is 2.36. The molecule has 0 aliphatic heterocycles. The third-order valence-electron chi connectivity index (χ3n) is 4.95. The van der Waals surface area contributed by atoms with Crippen LogP contribution in [0.5, 0.6) is 0 Å². The molecule has 0 saturated carbocycles. The minimum atomic E-state index is -2.56. The largest absolute Gasteiger partial charge is 0.406 e. The van der Waals surface area contributed by atoms with Gasteiger partial charge >= 0.3 is 0 Å². The number of nitrogens with one attached hydrogen (secondary N) is 1. The lowest BCUT2D eigenvalue weighted by Gasteiger charge is -2.43. The van der Waals surface area contributed by atoms with E-state index in [1.54, 1.807) is 7.05 Å². The van der Waals surface area contributed by atoms with E-state index in [9.17, 15) is 4.79 Å². The molecule has 1 amide bonds. The monoisotopic (exact) mass is 384 g/mol. The predicted molar refractivity (Wildman–Crippen MR) is 115 cm³/mol. The maximum absolute atomic E-state index is 11.5. The Balaban J connectivity index is 2.36. The lowest BCUT2D eigenvalue weighted by molar-refractivity contribution is -0.120. The number of amides is 1. The third kappa shape index (κ3) is 5.06. The number of hydrogen-bond donors (Lipinski definition) is 2. The van der Waals surface area contributed by atoms with Gasteiger partial charge in [0.1, 0.15) is 0 Å². The van der Waals surface area contributed by atoms with E-state index in [0.29, 0.717) is 19.4 Å². The predicted octanol–water partition coefficient (Wildman–Crippen LogP) is 2.42. The van der Waals surface area contributed by atoms with E-state index in [4.69, 9.17) is 10.2 Å². The van der Waals surface area contributed by atoms with E-state index in [-0.39, 0.29) is 17.0 Å². The standard InChI is InChI=1S/C22H32N2O2Si/c1-22(2,3)27(19-11-7-5-8-12-19,20-13-9-6-10-14-20)26-17-18(23)15-16-21(25)24-4/h5-14,18H,15-17,23H2,1-4H3,(H,24,25). The Labute approximate surface area is 164 Å². The molecule has 0 aliphatic carbocycles. The molecule has 3 N–H and O–H groups in total. The SMILES string of the molecule is CNC(=O)CCC(N)CO[Si](c1ccccc1)(c1ccccc1)C(C)(C)C. The molecular weight excluding hydrogens is 352 g/mol. The molecule has 0 saturated heterocycles. The van der Waals surface area contributed by atoms with Crippen molar-refractivity contribution in [3.05, 3.63) is 60.7 Å². The molecule has 0 radical (unpaired) electrons. The van der Waals surface area contributed by atoms with Crippen molar-refractivity contribution < 1.29 is 9.22 Å². The molecule has 0 bridgehead atoms. The highest BCUT2D eigenvalue weighted by atomic mass is 28.4. The minimum Gasteiger partial charge on any atom is -0.406 e. The van der Waals surface area contributed by atoms with Crippen LogP contribution in [0.3, 0.4) is 0 Å². The molecule has 1 unspecified atom stereocenters. The van der Waals surface area contributed by atoms with Crippen LogP contribution in [0.1, 0.15) is 33.6 Å². The first-order valence-electron chi connectivity index (χ1n) is 9.52. The Morgan fingerprint density at radius 2 is 1.52 bits per heavy atom. The van der Waals surface area contributed by atoms with Gasteiger partial charge < -0.3 is 15.5 Å². The molecule has 2 aromatic rings. The summed E-state index contributed by atoms with van der Waals surface area (Å²) in [4.78, 5) is 11.5. The van der Waals surface area contributed by atoms with Crippen LogP contribution in [-0.2, 0) is 9.22 Å². The van der Waals surface area contributed by atoms with Crippen molar-refractivity contribution in [1.29, 1.82) is 0 Å². The van der Waals surface area contributed by atoms with Crippen LogP contribution in [0.25, 0.3) is 0 Å². The molecule has 146 valence electrons. The summed E-state index contributed by atoms with van der Waals surface area (Å²) < 4.78 is 6.78. The molecule has 0 fully saturated rings. The topological polar surface area (TPSA) is 64.4 Å². The highest BCUT2D eigenvalue weighted by molar-refractivity contribution is 6.99. The van der Waals surface area contributed by atoms with Gasteiger partial charge in [-0.15, -0.1) is 0 Å². The van der Waals surface area contributed by atoms with Crippen molar-refractivity contribution in [2.75, 3.05) is 13.7 Å². The maximum Gasteiger partial charge on any atom is 0.261 e. The van der Waals surface area contributed by atoms with Crippen molar-refractivity contribution in [3.8, 4) is 0 Å². The van der Waals surface area contributed by atoms with Gasteiger partial charge in [0, 0.05) is 26.1 Å². The first kappa shape index (κ1) is 21.3. The summed E-state index contributed by atoms with van der Waals surface area (Å²) in [6.45, 7) is 7.17. The van der Waals surface area contributed by atoms with Crippen LogP contribution in [-0.4, -0.2) is 33.9 Å². The van der Waals surface area contributed by atoms with E-state index < -0.39 is 8.32 Å². The number of nitrogens with two attached hydrogens (primary N) is 1. The zero-order valence-corrected chi connectivity index (χ0v) is 17.9. The molecule has 0 aliphatic rings. The van der Waals surface area contributed by atoms with E-state index >= 15 is 0 Å². The minimum absolute atomic E-state index is 0.0101. The number of benzene rings is 2. The van der Waals surface area contributed by atoms with Crippen LogP contribution in [0.2, 0.25) is 5.04 Å². The molecule has 1 atom stereocenters. The van der Waals surface area contributed by atoms with Gasteiger partial charge in [-0.1, -0.05) is 81.4 Å². The Hall–Kier alpha value is -1.95. The summed E-state index contributed by atoms with van der Waals surface area (Å²) in [5, 5.41) is 5.05. The van der Waals surface area contributed by atoms with Crippen molar-refractivity contribution in [1.82, 2.24) is 5.32 Å². The van der Waals surface area contributed by atoms with E-state index in [1.807, 2.05) is 12.1 Å². The summed E-state index contributed by atoms with van der Waals surface area (Å²) in [6, 6.07) is 20.8. The van der Waals surface area contributed by atoms with Gasteiger partial charge in [-0.2, -0.15) is 0 Å². The first-order valence-corrected chi connectivity index (χ1v) is 11.4. The molecular formula is C22H32N2O2Si. The van der Waals surface area contributed by atoms with Gasteiger partial charge in [0.05, 0.1) is 0 Å². The van der Waals surface area contributed by atoms with Gasteiger partial charge in [0.2, 0.25) is 5.91 Å².